The smallest absolute Gasteiger partial charge is 0.336 e. The van der Waals surface area contributed by atoms with Crippen LogP contribution in [-0.2, 0) is 11.3 Å². The van der Waals surface area contributed by atoms with E-state index in [0.717, 1.165) is 10.1 Å². The molecular weight excluding hydrogens is 458 g/mol. The average molecular weight is 482 g/mol. The minimum atomic E-state index is -0.596. The van der Waals surface area contributed by atoms with Crippen molar-refractivity contribution < 1.29 is 19.0 Å². The molecule has 0 bridgehead atoms. The number of nitrogens with zero attached hydrogens (tertiary/aromatic N) is 2. The highest BCUT2D eigenvalue weighted by Gasteiger charge is 2.19. The first-order chi connectivity index (χ1) is 16.4. The molecule has 2 aromatic heterocycles. The number of aromatic nitrogens is 2. The fourth-order valence-electron chi connectivity index (χ4n) is 3.73. The first-order valence-corrected chi connectivity index (χ1v) is 11.2. The van der Waals surface area contributed by atoms with Crippen molar-refractivity contribution in [1.29, 1.82) is 0 Å². The van der Waals surface area contributed by atoms with Crippen LogP contribution in [0.5, 0.6) is 17.2 Å². The quantitative estimate of drug-likeness (QED) is 0.435. The lowest BCUT2D eigenvalue weighted by molar-refractivity contribution is -0.116. The van der Waals surface area contributed by atoms with Crippen LogP contribution in [0.2, 0.25) is 0 Å². The summed E-state index contributed by atoms with van der Waals surface area (Å²) < 4.78 is 18.7. The number of hydrogen-bond acceptors (Lipinski definition) is 7. The van der Waals surface area contributed by atoms with Crippen molar-refractivity contribution in [3.05, 3.63) is 74.2 Å². The highest BCUT2D eigenvalue weighted by Crippen LogP contribution is 2.39. The lowest BCUT2D eigenvalue weighted by atomic mass is 10.2. The van der Waals surface area contributed by atoms with E-state index in [-0.39, 0.29) is 6.54 Å². The van der Waals surface area contributed by atoms with E-state index in [4.69, 9.17) is 14.2 Å². The highest BCUT2D eigenvalue weighted by atomic mass is 32.1. The van der Waals surface area contributed by atoms with Crippen LogP contribution >= 0.6 is 11.3 Å². The van der Waals surface area contributed by atoms with Gasteiger partial charge in [-0.1, -0.05) is 12.1 Å². The zero-order chi connectivity index (χ0) is 24.4. The van der Waals surface area contributed by atoms with Gasteiger partial charge in [0.05, 0.1) is 32.5 Å². The fraction of sp³-hybridized carbons (Fsp3) is 0.208. The Balaban J connectivity index is 1.75. The molecule has 0 aliphatic rings. The van der Waals surface area contributed by atoms with Gasteiger partial charge in [0, 0.05) is 17.8 Å². The van der Waals surface area contributed by atoms with Gasteiger partial charge in [-0.3, -0.25) is 14.2 Å². The van der Waals surface area contributed by atoms with Crippen molar-refractivity contribution in [3.8, 4) is 22.9 Å². The number of thiophene rings is 1. The van der Waals surface area contributed by atoms with Crippen LogP contribution in [0.1, 0.15) is 5.56 Å². The third-order valence-corrected chi connectivity index (χ3v) is 6.16. The molecule has 0 atom stereocenters. The topological polar surface area (TPSA) is 101 Å². The minimum absolute atomic E-state index is 0.297. The Labute approximate surface area is 198 Å². The molecule has 4 rings (SSSR count). The number of aryl methyl sites for hydroxylation is 1. The van der Waals surface area contributed by atoms with E-state index in [2.05, 4.69) is 5.32 Å². The van der Waals surface area contributed by atoms with E-state index in [1.165, 1.54) is 37.2 Å². The van der Waals surface area contributed by atoms with Crippen molar-refractivity contribution in [2.24, 2.45) is 0 Å². The van der Waals surface area contributed by atoms with Crippen molar-refractivity contribution in [1.82, 2.24) is 9.13 Å². The lowest BCUT2D eigenvalue weighted by Gasteiger charge is -2.15. The maximum atomic E-state index is 13.4. The average Bonchev–Trinajstić information content (AvgIpc) is 3.31. The second-order valence-electron chi connectivity index (χ2n) is 7.45. The van der Waals surface area contributed by atoms with Crippen molar-refractivity contribution in [3.63, 3.8) is 0 Å². The largest absolute Gasteiger partial charge is 0.493 e. The summed E-state index contributed by atoms with van der Waals surface area (Å²) in [4.78, 5) is 39.4. The number of anilines is 1. The Hall–Kier alpha value is -4.05. The molecule has 0 aliphatic heterocycles. The van der Waals surface area contributed by atoms with Gasteiger partial charge in [0.25, 0.3) is 5.56 Å². The molecule has 10 heteroatoms. The Bertz CT molecular complexity index is 1480. The monoisotopic (exact) mass is 481 g/mol. The van der Waals surface area contributed by atoms with Crippen molar-refractivity contribution in [2.45, 2.75) is 13.5 Å². The number of rotatable bonds is 7. The number of benzene rings is 2. The number of ether oxygens (including phenoxy) is 3. The number of methoxy groups -OCH3 is 3. The van der Waals surface area contributed by atoms with Crippen molar-refractivity contribution >= 4 is 33.1 Å². The molecule has 176 valence electrons. The molecule has 2 aromatic carbocycles. The first kappa shape index (κ1) is 23.1. The van der Waals surface area contributed by atoms with Crippen LogP contribution in [-0.4, -0.2) is 36.4 Å². The van der Waals surface area contributed by atoms with E-state index in [1.807, 2.05) is 13.0 Å². The summed E-state index contributed by atoms with van der Waals surface area (Å²) in [5.74, 6) is 0.688. The Morgan fingerprint density at radius 2 is 1.71 bits per heavy atom. The summed E-state index contributed by atoms with van der Waals surface area (Å²) in [6.07, 6.45) is 0. The number of nitrogens with one attached hydrogen (secondary N) is 1. The summed E-state index contributed by atoms with van der Waals surface area (Å²) in [7, 11) is 4.44. The van der Waals surface area contributed by atoms with Gasteiger partial charge < -0.3 is 19.5 Å². The third kappa shape index (κ3) is 4.15. The van der Waals surface area contributed by atoms with E-state index < -0.39 is 17.2 Å². The molecule has 4 aromatic rings. The summed E-state index contributed by atoms with van der Waals surface area (Å²) in [6, 6.07) is 11.9. The molecule has 9 nitrogen and oxygen atoms in total. The van der Waals surface area contributed by atoms with Crippen LogP contribution in [0.4, 0.5) is 5.69 Å². The Kier molecular flexibility index (Phi) is 6.42. The molecule has 0 radical (unpaired) electrons. The van der Waals surface area contributed by atoms with Gasteiger partial charge in [-0.05, 0) is 36.1 Å². The zero-order valence-corrected chi connectivity index (χ0v) is 19.9. The number of fused-ring (bicyclic) bond motifs is 1. The molecule has 0 fully saturated rings. The van der Waals surface area contributed by atoms with Crippen LogP contribution < -0.4 is 30.8 Å². The first-order valence-electron chi connectivity index (χ1n) is 10.3. The van der Waals surface area contributed by atoms with Gasteiger partial charge in [0.2, 0.25) is 11.7 Å². The van der Waals surface area contributed by atoms with Gasteiger partial charge in [0.1, 0.15) is 11.2 Å². The second kappa shape index (κ2) is 9.44. The van der Waals surface area contributed by atoms with Gasteiger partial charge >= 0.3 is 5.69 Å². The lowest BCUT2D eigenvalue weighted by Crippen LogP contribution is -2.40. The molecule has 34 heavy (non-hydrogen) atoms. The predicted molar refractivity (Wildman–Crippen MR) is 131 cm³/mol. The van der Waals surface area contributed by atoms with E-state index in [1.54, 1.807) is 41.8 Å². The molecule has 0 unspecified atom stereocenters. The summed E-state index contributed by atoms with van der Waals surface area (Å²) >= 11 is 1.22. The second-order valence-corrected chi connectivity index (χ2v) is 8.36. The van der Waals surface area contributed by atoms with E-state index in [9.17, 15) is 14.4 Å². The van der Waals surface area contributed by atoms with Crippen LogP contribution in [0.15, 0.2) is 57.4 Å². The number of hydrogen-bond donors (Lipinski definition) is 1. The van der Waals surface area contributed by atoms with E-state index in [0.29, 0.717) is 38.8 Å². The van der Waals surface area contributed by atoms with Crippen LogP contribution in [0.3, 0.4) is 0 Å². The standard InChI is InChI=1S/C24H23N3O6S/c1-14-6-5-7-16(10-14)27-23(29)22-17(8-9-34-22)26(24(27)30)13-20(28)25-15-11-18(31-2)21(33-4)19(12-15)32-3/h5-12H,13H2,1-4H3,(H,25,28). The number of carbonyl (C=O) groups excluding carboxylic acids is 1. The van der Waals surface area contributed by atoms with Crippen LogP contribution in [0, 0.1) is 6.92 Å². The fourth-order valence-corrected chi connectivity index (χ4v) is 4.56. The van der Waals surface area contributed by atoms with E-state index >= 15 is 0 Å². The molecular formula is C24H23N3O6S. The number of carbonyl (C=O) groups is 1. The van der Waals surface area contributed by atoms with Crippen LogP contribution in [0.25, 0.3) is 15.9 Å². The molecule has 2 heterocycles. The zero-order valence-electron chi connectivity index (χ0n) is 19.1. The summed E-state index contributed by atoms with van der Waals surface area (Å²) in [6.45, 7) is 1.58. The molecule has 0 saturated carbocycles. The minimum Gasteiger partial charge on any atom is -0.493 e. The van der Waals surface area contributed by atoms with Gasteiger partial charge in [-0.25, -0.2) is 9.36 Å². The number of amides is 1. The molecule has 1 N–H and O–H groups in total. The van der Waals surface area contributed by atoms with Gasteiger partial charge in [-0.15, -0.1) is 11.3 Å². The molecule has 0 saturated heterocycles. The molecule has 1 amide bonds. The Morgan fingerprint density at radius 1 is 1.00 bits per heavy atom. The molecule has 0 spiro atoms. The predicted octanol–water partition coefficient (Wildman–Crippen LogP) is 3.19. The van der Waals surface area contributed by atoms with Gasteiger partial charge in [0.15, 0.2) is 11.5 Å². The Morgan fingerprint density at radius 3 is 2.32 bits per heavy atom. The summed E-state index contributed by atoms with van der Waals surface area (Å²) in [5, 5.41) is 4.48. The SMILES string of the molecule is COc1cc(NC(=O)Cn2c(=O)n(-c3cccc(C)c3)c(=O)c3sccc32)cc(OC)c1OC. The molecule has 0 aliphatic carbocycles. The maximum Gasteiger partial charge on any atom is 0.336 e. The van der Waals surface area contributed by atoms with Crippen molar-refractivity contribution in [2.75, 3.05) is 26.6 Å². The third-order valence-electron chi connectivity index (χ3n) is 5.26. The maximum absolute atomic E-state index is 13.4. The highest BCUT2D eigenvalue weighted by molar-refractivity contribution is 7.17. The summed E-state index contributed by atoms with van der Waals surface area (Å²) in [5.41, 5.74) is 1.15. The van der Waals surface area contributed by atoms with Gasteiger partial charge in [-0.2, -0.15) is 0 Å². The normalized spacial score (nSPS) is 10.8.